The number of hydrogen-bond donors (Lipinski definition) is 2. The smallest absolute Gasteiger partial charge is 0.339 e. The minimum absolute atomic E-state index is 0.0986. The summed E-state index contributed by atoms with van der Waals surface area (Å²) in [6.07, 6.45) is 1.97. The molecule has 0 saturated carbocycles. The molecule has 3 aromatic rings. The van der Waals surface area contributed by atoms with Crippen LogP contribution >= 0.6 is 9.39 Å². The maximum absolute atomic E-state index is 13.2. The fraction of sp³-hybridized carbons (Fsp3) is 0.231. The minimum atomic E-state index is -0.549. The van der Waals surface area contributed by atoms with Crippen molar-refractivity contribution in [1.82, 2.24) is 4.67 Å². The minimum Gasteiger partial charge on any atom is -0.507 e. The van der Waals surface area contributed by atoms with E-state index in [0.717, 1.165) is 42.6 Å². The number of nitrogens with zero attached hydrogens (tertiary/aromatic N) is 1. The first-order valence-electron chi connectivity index (χ1n) is 10.9. The maximum atomic E-state index is 13.2. The molecule has 4 rings (SSSR count). The summed E-state index contributed by atoms with van der Waals surface area (Å²) in [7, 11) is 4.03. The van der Waals surface area contributed by atoms with Crippen LogP contribution in [0, 0.1) is 0 Å². The Kier molecular flexibility index (Phi) is 7.07. The van der Waals surface area contributed by atoms with Gasteiger partial charge in [0, 0.05) is 13.1 Å². The molecule has 1 heterocycles. The Morgan fingerprint density at radius 2 is 1.70 bits per heavy atom. The van der Waals surface area contributed by atoms with Crippen LogP contribution in [0.2, 0.25) is 0 Å². The average Bonchev–Trinajstić information content (AvgIpc) is 2.85. The van der Waals surface area contributed by atoms with Crippen LogP contribution in [0.25, 0.3) is 11.1 Å². The molecule has 1 amide bonds. The third-order valence-electron chi connectivity index (χ3n) is 6.05. The zero-order valence-corrected chi connectivity index (χ0v) is 19.6. The van der Waals surface area contributed by atoms with E-state index >= 15 is 0 Å². The predicted molar refractivity (Wildman–Crippen MR) is 133 cm³/mol. The molecule has 1 unspecified atom stereocenters. The number of ether oxygens (including phenoxy) is 1. The first-order valence-corrected chi connectivity index (χ1v) is 11.4. The SMILES string of the molecule is COC(=O)c1ccc(-c2ccccc2)cc1NC(=O)c1cc(C2CCN(P)CC2)ccc1O. The molecule has 1 atom stereocenters. The van der Waals surface area contributed by atoms with E-state index < -0.39 is 11.9 Å². The fourth-order valence-electron chi connectivity index (χ4n) is 4.16. The Morgan fingerprint density at radius 3 is 2.39 bits per heavy atom. The number of methoxy groups -OCH3 is 1. The van der Waals surface area contributed by atoms with Crippen molar-refractivity contribution in [3.63, 3.8) is 0 Å². The number of phenols is 1. The van der Waals surface area contributed by atoms with Crippen molar-refractivity contribution < 1.29 is 19.4 Å². The third-order valence-corrected chi connectivity index (χ3v) is 6.56. The molecule has 7 heteroatoms. The molecule has 1 aliphatic rings. The normalized spacial score (nSPS) is 14.6. The van der Waals surface area contributed by atoms with Crippen molar-refractivity contribution in [2.75, 3.05) is 25.5 Å². The summed E-state index contributed by atoms with van der Waals surface area (Å²) >= 11 is 0. The molecular formula is C26H27N2O4P. The number of aromatic hydroxyl groups is 1. The fourth-order valence-corrected chi connectivity index (χ4v) is 4.46. The Morgan fingerprint density at radius 1 is 0.970 bits per heavy atom. The third kappa shape index (κ3) is 5.24. The summed E-state index contributed by atoms with van der Waals surface area (Å²) < 4.78 is 7.10. The first-order chi connectivity index (χ1) is 16.0. The van der Waals surface area contributed by atoms with E-state index in [-0.39, 0.29) is 16.9 Å². The van der Waals surface area contributed by atoms with E-state index in [1.165, 1.54) is 7.11 Å². The van der Waals surface area contributed by atoms with E-state index in [1.54, 1.807) is 24.3 Å². The van der Waals surface area contributed by atoms with Crippen LogP contribution in [0.4, 0.5) is 5.69 Å². The molecule has 0 aromatic heterocycles. The number of phenolic OH excluding ortho intramolecular Hbond substituents is 1. The lowest BCUT2D eigenvalue weighted by Crippen LogP contribution is -2.25. The van der Waals surface area contributed by atoms with Crippen LogP contribution in [-0.4, -0.2) is 41.9 Å². The Hall–Kier alpha value is -3.21. The zero-order chi connectivity index (χ0) is 23.4. The van der Waals surface area contributed by atoms with E-state index in [9.17, 15) is 14.7 Å². The van der Waals surface area contributed by atoms with Gasteiger partial charge in [-0.25, -0.2) is 4.79 Å². The van der Waals surface area contributed by atoms with Gasteiger partial charge in [0.25, 0.3) is 5.91 Å². The number of hydrogen-bond acceptors (Lipinski definition) is 5. The van der Waals surface area contributed by atoms with Crippen molar-refractivity contribution in [2.24, 2.45) is 0 Å². The van der Waals surface area contributed by atoms with Crippen molar-refractivity contribution in [1.29, 1.82) is 0 Å². The van der Waals surface area contributed by atoms with Crippen LogP contribution in [0.5, 0.6) is 5.75 Å². The van der Waals surface area contributed by atoms with Gasteiger partial charge in [-0.05, 0) is 59.7 Å². The van der Waals surface area contributed by atoms with Crippen molar-refractivity contribution in [3.05, 3.63) is 83.4 Å². The van der Waals surface area contributed by atoms with Crippen molar-refractivity contribution in [2.45, 2.75) is 18.8 Å². The van der Waals surface area contributed by atoms with Gasteiger partial charge >= 0.3 is 5.97 Å². The molecule has 2 N–H and O–H groups in total. The summed E-state index contributed by atoms with van der Waals surface area (Å²) in [5.41, 5.74) is 3.59. The summed E-state index contributed by atoms with van der Waals surface area (Å²) in [6, 6.07) is 20.1. The maximum Gasteiger partial charge on any atom is 0.339 e. The lowest BCUT2D eigenvalue weighted by Gasteiger charge is -2.29. The Labute approximate surface area is 195 Å². The molecule has 0 spiro atoms. The number of rotatable bonds is 5. The standard InChI is InChI=1S/C26H27N2O4P/c1-32-26(31)21-9-7-20(17-5-3-2-4-6-17)16-23(21)27-25(30)22-15-19(8-10-24(22)29)18-11-13-28(33)14-12-18/h2-10,15-16,18,29H,11-14,33H2,1H3,(H,27,30). The number of amides is 1. The highest BCUT2D eigenvalue weighted by molar-refractivity contribution is 7.13. The second-order valence-corrected chi connectivity index (χ2v) is 8.89. The van der Waals surface area contributed by atoms with Gasteiger partial charge in [-0.1, -0.05) is 51.9 Å². The molecular weight excluding hydrogens is 435 g/mol. The van der Waals surface area contributed by atoms with Gasteiger partial charge in [-0.3, -0.25) is 9.46 Å². The molecule has 33 heavy (non-hydrogen) atoms. The monoisotopic (exact) mass is 462 g/mol. The first kappa shape index (κ1) is 23.0. The molecule has 170 valence electrons. The van der Waals surface area contributed by atoms with E-state index in [4.69, 9.17) is 4.74 Å². The highest BCUT2D eigenvalue weighted by Gasteiger charge is 2.22. The molecule has 3 aromatic carbocycles. The quantitative estimate of drug-likeness (QED) is 0.409. The lowest BCUT2D eigenvalue weighted by atomic mass is 9.89. The largest absolute Gasteiger partial charge is 0.507 e. The number of carbonyl (C=O) groups is 2. The van der Waals surface area contributed by atoms with Gasteiger partial charge in [0.05, 0.1) is 23.9 Å². The number of anilines is 1. The zero-order valence-electron chi connectivity index (χ0n) is 18.5. The molecule has 6 nitrogen and oxygen atoms in total. The highest BCUT2D eigenvalue weighted by atomic mass is 31.0. The topological polar surface area (TPSA) is 78.9 Å². The number of nitrogens with one attached hydrogen (secondary N) is 1. The van der Waals surface area contributed by atoms with Gasteiger partial charge in [0.1, 0.15) is 5.75 Å². The molecule has 1 fully saturated rings. The highest BCUT2D eigenvalue weighted by Crippen LogP contribution is 2.33. The second kappa shape index (κ2) is 10.2. The number of piperidine rings is 1. The van der Waals surface area contributed by atoms with Crippen LogP contribution in [0.15, 0.2) is 66.7 Å². The Balaban J connectivity index is 1.65. The van der Waals surface area contributed by atoms with E-state index in [2.05, 4.69) is 19.4 Å². The summed E-state index contributed by atoms with van der Waals surface area (Å²) in [4.78, 5) is 25.5. The number of benzene rings is 3. The lowest BCUT2D eigenvalue weighted by molar-refractivity contribution is 0.0602. The number of esters is 1. The van der Waals surface area contributed by atoms with Gasteiger partial charge in [0.2, 0.25) is 0 Å². The average molecular weight is 462 g/mol. The predicted octanol–water partition coefficient (Wildman–Crippen LogP) is 5.07. The number of carbonyl (C=O) groups excluding carboxylic acids is 2. The van der Waals surface area contributed by atoms with Crippen LogP contribution in [0.1, 0.15) is 45.0 Å². The Bertz CT molecular complexity index is 1160. The van der Waals surface area contributed by atoms with Gasteiger partial charge in [-0.2, -0.15) is 0 Å². The second-order valence-electron chi connectivity index (χ2n) is 8.16. The molecule has 0 bridgehead atoms. The van der Waals surface area contributed by atoms with Gasteiger partial charge in [-0.15, -0.1) is 0 Å². The van der Waals surface area contributed by atoms with E-state index in [1.807, 2.05) is 42.5 Å². The van der Waals surface area contributed by atoms with Crippen molar-refractivity contribution >= 4 is 27.0 Å². The molecule has 1 saturated heterocycles. The van der Waals surface area contributed by atoms with E-state index in [0.29, 0.717) is 11.6 Å². The van der Waals surface area contributed by atoms with Crippen LogP contribution < -0.4 is 5.32 Å². The summed E-state index contributed by atoms with van der Waals surface area (Å²) in [5, 5.41) is 13.2. The molecule has 0 aliphatic carbocycles. The molecule has 0 radical (unpaired) electrons. The van der Waals surface area contributed by atoms with Gasteiger partial charge < -0.3 is 15.2 Å². The van der Waals surface area contributed by atoms with Gasteiger partial charge in [0.15, 0.2) is 0 Å². The summed E-state index contributed by atoms with van der Waals surface area (Å²) in [5.74, 6) is -0.792. The molecule has 1 aliphatic heterocycles. The summed E-state index contributed by atoms with van der Waals surface area (Å²) in [6.45, 7) is 1.93. The van der Waals surface area contributed by atoms with Crippen LogP contribution in [0.3, 0.4) is 0 Å². The van der Waals surface area contributed by atoms with Crippen LogP contribution in [-0.2, 0) is 4.74 Å². The van der Waals surface area contributed by atoms with Crippen molar-refractivity contribution in [3.8, 4) is 16.9 Å².